The molecule has 2 rings (SSSR count). The van der Waals surface area contributed by atoms with Gasteiger partial charge in [0.05, 0.1) is 26.7 Å². The highest BCUT2D eigenvalue weighted by atomic mass is 16.5. The van der Waals surface area contributed by atoms with E-state index in [4.69, 9.17) is 9.47 Å². The highest BCUT2D eigenvalue weighted by Crippen LogP contribution is 2.27. The maximum absolute atomic E-state index is 12.8. The largest absolute Gasteiger partial charge is 0.497 e. The minimum atomic E-state index is -0.507. The van der Waals surface area contributed by atoms with Crippen LogP contribution in [0.4, 0.5) is 0 Å². The van der Waals surface area contributed by atoms with Crippen molar-refractivity contribution in [2.24, 2.45) is 0 Å². The van der Waals surface area contributed by atoms with Gasteiger partial charge in [0.2, 0.25) is 11.8 Å². The van der Waals surface area contributed by atoms with E-state index in [0.717, 1.165) is 11.1 Å². The molecule has 2 amide bonds. The van der Waals surface area contributed by atoms with Gasteiger partial charge < -0.3 is 19.7 Å². The number of rotatable bonds is 9. The van der Waals surface area contributed by atoms with Crippen molar-refractivity contribution in [1.29, 1.82) is 0 Å². The van der Waals surface area contributed by atoms with E-state index in [2.05, 4.69) is 11.9 Å². The normalized spacial score (nSPS) is 17.0. The van der Waals surface area contributed by atoms with Crippen LogP contribution < -0.4 is 14.8 Å². The van der Waals surface area contributed by atoms with Gasteiger partial charge in [-0.15, -0.1) is 0 Å². The molecule has 1 aliphatic rings. The van der Waals surface area contributed by atoms with Gasteiger partial charge in [-0.2, -0.15) is 0 Å². The maximum atomic E-state index is 12.8. The third-order valence-electron chi connectivity index (χ3n) is 4.87. The van der Waals surface area contributed by atoms with Crippen LogP contribution in [0.15, 0.2) is 30.4 Å². The van der Waals surface area contributed by atoms with Crippen LogP contribution in [0.3, 0.4) is 0 Å². The van der Waals surface area contributed by atoms with Crippen LogP contribution in [-0.2, 0) is 16.1 Å². The zero-order valence-electron chi connectivity index (χ0n) is 17.3. The Hall–Kier alpha value is -2.54. The van der Waals surface area contributed by atoms with E-state index in [9.17, 15) is 9.59 Å². The number of ether oxygens (including phenoxy) is 2. The van der Waals surface area contributed by atoms with E-state index < -0.39 is 6.04 Å². The molecule has 7 nitrogen and oxygen atoms in total. The molecule has 0 radical (unpaired) electrons. The molecule has 1 aromatic rings. The Morgan fingerprint density at radius 3 is 2.71 bits per heavy atom. The van der Waals surface area contributed by atoms with Crippen molar-refractivity contribution in [1.82, 2.24) is 15.1 Å². The minimum Gasteiger partial charge on any atom is -0.497 e. The van der Waals surface area contributed by atoms with Gasteiger partial charge in [0.1, 0.15) is 11.5 Å². The molecule has 1 aliphatic heterocycles. The topological polar surface area (TPSA) is 71.1 Å². The standard InChI is InChI=1S/C21H31N3O4/c1-6-23(13-15(2)3)20(25)12-18-21(26)22-9-10-24(18)14-16-7-8-17(27-4)11-19(16)28-5/h7-8,11,18H,2,6,9-10,12-14H2,1,3-5H3,(H,22,26)/t18-/m1/s1. The molecule has 1 saturated heterocycles. The van der Waals surface area contributed by atoms with Crippen molar-refractivity contribution in [2.45, 2.75) is 32.9 Å². The summed E-state index contributed by atoms with van der Waals surface area (Å²) in [5.41, 5.74) is 1.87. The third kappa shape index (κ3) is 5.48. The molecular weight excluding hydrogens is 358 g/mol. The second-order valence-corrected chi connectivity index (χ2v) is 7.02. The number of nitrogens with zero attached hydrogens (tertiary/aromatic N) is 2. The Bertz CT molecular complexity index is 720. The van der Waals surface area contributed by atoms with Gasteiger partial charge >= 0.3 is 0 Å². The first-order chi connectivity index (χ1) is 13.4. The molecule has 7 heteroatoms. The predicted molar refractivity (Wildman–Crippen MR) is 108 cm³/mol. The van der Waals surface area contributed by atoms with Gasteiger partial charge in [-0.1, -0.05) is 18.2 Å². The van der Waals surface area contributed by atoms with Crippen molar-refractivity contribution < 1.29 is 19.1 Å². The van der Waals surface area contributed by atoms with Gasteiger partial charge in [0.25, 0.3) is 0 Å². The summed E-state index contributed by atoms with van der Waals surface area (Å²) in [7, 11) is 3.22. The highest BCUT2D eigenvalue weighted by molar-refractivity contribution is 5.89. The lowest BCUT2D eigenvalue weighted by Crippen LogP contribution is -2.56. The first kappa shape index (κ1) is 21.8. The first-order valence-electron chi connectivity index (χ1n) is 9.54. The number of nitrogens with one attached hydrogen (secondary N) is 1. The Morgan fingerprint density at radius 2 is 2.11 bits per heavy atom. The smallest absolute Gasteiger partial charge is 0.237 e. The quantitative estimate of drug-likeness (QED) is 0.653. The van der Waals surface area contributed by atoms with Crippen LogP contribution in [-0.4, -0.2) is 68.1 Å². The fourth-order valence-electron chi connectivity index (χ4n) is 3.37. The lowest BCUT2D eigenvalue weighted by Gasteiger charge is -2.36. The summed E-state index contributed by atoms with van der Waals surface area (Å²) in [6.07, 6.45) is 0.144. The summed E-state index contributed by atoms with van der Waals surface area (Å²) in [6, 6.07) is 5.12. The molecule has 1 heterocycles. The molecule has 1 aromatic carbocycles. The summed E-state index contributed by atoms with van der Waals surface area (Å²) < 4.78 is 10.7. The molecule has 0 bridgehead atoms. The van der Waals surface area contributed by atoms with Gasteiger partial charge in [-0.05, 0) is 19.9 Å². The SMILES string of the molecule is C=C(C)CN(CC)C(=O)C[C@@H]1C(=O)NCCN1Cc1ccc(OC)cc1OC. The molecule has 1 N–H and O–H groups in total. The number of piperazine rings is 1. The minimum absolute atomic E-state index is 0.0424. The monoisotopic (exact) mass is 389 g/mol. The maximum Gasteiger partial charge on any atom is 0.237 e. The molecular formula is C21H31N3O4. The Balaban J connectivity index is 2.17. The zero-order valence-corrected chi connectivity index (χ0v) is 17.3. The second-order valence-electron chi connectivity index (χ2n) is 7.02. The van der Waals surface area contributed by atoms with Gasteiger partial charge in [-0.25, -0.2) is 0 Å². The fraction of sp³-hybridized carbons (Fsp3) is 0.524. The molecule has 1 fully saturated rings. The number of benzene rings is 1. The molecule has 0 unspecified atom stereocenters. The number of hydrogen-bond acceptors (Lipinski definition) is 5. The van der Waals surface area contributed by atoms with Crippen LogP contribution in [0.1, 0.15) is 25.8 Å². The number of likely N-dealkylation sites (N-methyl/N-ethyl adjacent to an activating group) is 1. The lowest BCUT2D eigenvalue weighted by atomic mass is 10.1. The number of amides is 2. The summed E-state index contributed by atoms with van der Waals surface area (Å²) in [6.45, 7) is 10.6. The average molecular weight is 389 g/mol. The molecule has 0 aromatic heterocycles. The van der Waals surface area contributed by atoms with E-state index in [-0.39, 0.29) is 18.2 Å². The van der Waals surface area contributed by atoms with Crippen LogP contribution in [0, 0.1) is 0 Å². The molecule has 0 aliphatic carbocycles. The lowest BCUT2D eigenvalue weighted by molar-refractivity contribution is -0.138. The van der Waals surface area contributed by atoms with Gasteiger partial charge in [-0.3, -0.25) is 14.5 Å². The van der Waals surface area contributed by atoms with Crippen molar-refractivity contribution in [2.75, 3.05) is 40.4 Å². The van der Waals surface area contributed by atoms with Crippen molar-refractivity contribution >= 4 is 11.8 Å². The summed E-state index contributed by atoms with van der Waals surface area (Å²) >= 11 is 0. The molecule has 28 heavy (non-hydrogen) atoms. The number of carbonyl (C=O) groups is 2. The summed E-state index contributed by atoms with van der Waals surface area (Å²) in [5, 5.41) is 2.88. The number of hydrogen-bond donors (Lipinski definition) is 1. The van der Waals surface area contributed by atoms with Crippen LogP contribution in [0.2, 0.25) is 0 Å². The van der Waals surface area contributed by atoms with E-state index in [1.54, 1.807) is 19.1 Å². The van der Waals surface area contributed by atoms with Gasteiger partial charge in [0.15, 0.2) is 0 Å². The van der Waals surface area contributed by atoms with E-state index in [1.807, 2.05) is 36.9 Å². The predicted octanol–water partition coefficient (Wildman–Crippen LogP) is 1.82. The van der Waals surface area contributed by atoms with Crippen molar-refractivity contribution in [3.8, 4) is 11.5 Å². The fourth-order valence-corrected chi connectivity index (χ4v) is 3.37. The van der Waals surface area contributed by atoms with E-state index in [1.165, 1.54) is 0 Å². The van der Waals surface area contributed by atoms with Crippen molar-refractivity contribution in [3.63, 3.8) is 0 Å². The number of methoxy groups -OCH3 is 2. The molecule has 1 atom stereocenters. The Labute approximate surface area is 167 Å². The van der Waals surface area contributed by atoms with Crippen LogP contribution in [0.5, 0.6) is 11.5 Å². The summed E-state index contributed by atoms with van der Waals surface area (Å²) in [5.74, 6) is 1.26. The Kier molecular flexibility index (Phi) is 7.87. The first-order valence-corrected chi connectivity index (χ1v) is 9.54. The summed E-state index contributed by atoms with van der Waals surface area (Å²) in [4.78, 5) is 29.1. The van der Waals surface area contributed by atoms with Crippen LogP contribution >= 0.6 is 0 Å². The Morgan fingerprint density at radius 1 is 1.36 bits per heavy atom. The van der Waals surface area contributed by atoms with E-state index >= 15 is 0 Å². The molecule has 0 saturated carbocycles. The average Bonchev–Trinajstić information content (AvgIpc) is 2.68. The van der Waals surface area contributed by atoms with Crippen molar-refractivity contribution in [3.05, 3.63) is 35.9 Å². The highest BCUT2D eigenvalue weighted by Gasteiger charge is 2.33. The molecule has 154 valence electrons. The number of carbonyl (C=O) groups excluding carboxylic acids is 2. The zero-order chi connectivity index (χ0) is 20.7. The third-order valence-corrected chi connectivity index (χ3v) is 4.87. The molecule has 0 spiro atoms. The van der Waals surface area contributed by atoms with Gasteiger partial charge in [0, 0.05) is 44.4 Å². The second kappa shape index (κ2) is 10.1. The van der Waals surface area contributed by atoms with Crippen LogP contribution in [0.25, 0.3) is 0 Å². The van der Waals surface area contributed by atoms with E-state index in [0.29, 0.717) is 44.2 Å².